The molecular weight excluding hydrogens is 392 g/mol. The maximum atomic E-state index is 12.2. The molecule has 0 radical (unpaired) electrons. The summed E-state index contributed by atoms with van der Waals surface area (Å²) in [7, 11) is 0. The molecule has 0 saturated heterocycles. The lowest BCUT2D eigenvalue weighted by molar-refractivity contribution is -0.114. The molecule has 0 heterocycles. The van der Waals surface area contributed by atoms with E-state index >= 15 is 0 Å². The first-order chi connectivity index (χ1) is 15.5. The van der Waals surface area contributed by atoms with Gasteiger partial charge in [0, 0.05) is 12.3 Å². The number of rotatable bonds is 2. The molecule has 0 aromatic heterocycles. The predicted molar refractivity (Wildman–Crippen MR) is 129 cm³/mol. The average Bonchev–Trinajstić information content (AvgIpc) is 3.13. The van der Waals surface area contributed by atoms with Crippen LogP contribution in [0.4, 0.5) is 0 Å². The van der Waals surface area contributed by atoms with Crippen LogP contribution in [0.3, 0.4) is 0 Å². The molecule has 1 N–H and O–H groups in total. The van der Waals surface area contributed by atoms with Gasteiger partial charge in [0.25, 0.3) is 0 Å². The monoisotopic (exact) mass is 430 g/mol. The maximum Gasteiger partial charge on any atom is 0.156 e. The second-order valence-corrected chi connectivity index (χ2v) is 11.7. The van der Waals surface area contributed by atoms with Crippen LogP contribution in [0.15, 0.2) is 47.1 Å². The van der Waals surface area contributed by atoms with Crippen molar-refractivity contribution in [3.8, 4) is 0 Å². The topological polar surface area (TPSA) is 37.3 Å². The van der Waals surface area contributed by atoms with E-state index in [1.165, 1.54) is 54.4 Å². The number of hydrogen-bond acceptors (Lipinski definition) is 2. The molecular formula is C30H38O2. The number of aliphatic hydroxyl groups is 1. The van der Waals surface area contributed by atoms with Crippen molar-refractivity contribution in [2.75, 3.05) is 0 Å². The lowest BCUT2D eigenvalue weighted by Crippen LogP contribution is -2.45. The second kappa shape index (κ2) is 7.97. The molecule has 2 heteroatoms. The van der Waals surface area contributed by atoms with Crippen LogP contribution in [-0.2, 0) is 4.79 Å². The first-order valence-electron chi connectivity index (χ1n) is 13.3. The van der Waals surface area contributed by atoms with Crippen molar-refractivity contribution in [3.63, 3.8) is 0 Å². The van der Waals surface area contributed by atoms with Gasteiger partial charge < -0.3 is 5.11 Å². The number of carbonyl (C=O) groups is 1. The van der Waals surface area contributed by atoms with Crippen LogP contribution in [-0.4, -0.2) is 17.0 Å². The van der Waals surface area contributed by atoms with E-state index in [1.54, 1.807) is 5.57 Å². The minimum Gasteiger partial charge on any atom is -0.393 e. The Morgan fingerprint density at radius 3 is 2.41 bits per heavy atom. The Balaban J connectivity index is 1.41. The number of benzene rings is 1. The summed E-state index contributed by atoms with van der Waals surface area (Å²) in [5.41, 5.74) is 7.48. The predicted octanol–water partition coefficient (Wildman–Crippen LogP) is 6.99. The van der Waals surface area contributed by atoms with Crippen LogP contribution >= 0.6 is 0 Å². The summed E-state index contributed by atoms with van der Waals surface area (Å²) in [5, 5.41) is 11.0. The Hall–Kier alpha value is -1.67. The van der Waals surface area contributed by atoms with Crippen molar-refractivity contribution >= 4 is 5.78 Å². The fourth-order valence-corrected chi connectivity index (χ4v) is 8.37. The van der Waals surface area contributed by atoms with Gasteiger partial charge in [-0.3, -0.25) is 4.79 Å². The average molecular weight is 431 g/mol. The zero-order chi connectivity index (χ0) is 21.9. The van der Waals surface area contributed by atoms with Gasteiger partial charge in [0.2, 0.25) is 0 Å². The summed E-state index contributed by atoms with van der Waals surface area (Å²) >= 11 is 0. The molecule has 5 aliphatic rings. The Bertz CT molecular complexity index is 961. The van der Waals surface area contributed by atoms with Gasteiger partial charge in [0.05, 0.1) is 6.10 Å². The van der Waals surface area contributed by atoms with Crippen molar-refractivity contribution in [3.05, 3.63) is 58.2 Å². The summed E-state index contributed by atoms with van der Waals surface area (Å²) in [5.74, 6) is 2.62. The molecule has 2 nitrogen and oxygen atoms in total. The smallest absolute Gasteiger partial charge is 0.156 e. The lowest BCUT2D eigenvalue weighted by atomic mass is 9.53. The highest BCUT2D eigenvalue weighted by Gasteiger charge is 2.56. The van der Waals surface area contributed by atoms with Gasteiger partial charge in [-0.1, -0.05) is 56.0 Å². The first kappa shape index (κ1) is 20.9. The third-order valence-electron chi connectivity index (χ3n) is 10.1. The highest BCUT2D eigenvalue weighted by Crippen LogP contribution is 2.63. The van der Waals surface area contributed by atoms with Crippen LogP contribution < -0.4 is 0 Å². The quantitative estimate of drug-likeness (QED) is 0.549. The zero-order valence-electron chi connectivity index (χ0n) is 19.6. The van der Waals surface area contributed by atoms with E-state index in [0.717, 1.165) is 44.4 Å². The van der Waals surface area contributed by atoms with Crippen molar-refractivity contribution < 1.29 is 9.90 Å². The molecule has 6 rings (SSSR count). The molecule has 32 heavy (non-hydrogen) atoms. The van der Waals surface area contributed by atoms with Gasteiger partial charge in [-0.2, -0.15) is 0 Å². The van der Waals surface area contributed by atoms with Crippen LogP contribution in [0.5, 0.6) is 0 Å². The molecule has 0 spiro atoms. The molecule has 5 unspecified atom stereocenters. The summed E-state index contributed by atoms with van der Waals surface area (Å²) in [4.78, 5) is 12.2. The fourth-order valence-electron chi connectivity index (χ4n) is 8.37. The first-order valence-corrected chi connectivity index (χ1v) is 13.3. The molecule has 3 fully saturated rings. The standard InChI is InChI=1S/C30H38O2/c1-30-18-26(21-9-7-20(8-10-21)19-5-3-2-4-6-19)29-24-14-12-23(31)17-22(24)11-13-25(29)27(30)15-16-28(30)32/h7-10,17,19,25-28,32H,2-6,11-16,18H2,1H3. The van der Waals surface area contributed by atoms with Crippen molar-refractivity contribution in [1.29, 1.82) is 0 Å². The third kappa shape index (κ3) is 3.28. The summed E-state index contributed by atoms with van der Waals surface area (Å²) in [6, 6.07) is 9.65. The maximum absolute atomic E-state index is 12.2. The molecule has 0 amide bonds. The summed E-state index contributed by atoms with van der Waals surface area (Å²) in [6.07, 6.45) is 15.6. The molecule has 1 aromatic carbocycles. The van der Waals surface area contributed by atoms with Crippen molar-refractivity contribution in [2.45, 2.75) is 102 Å². The van der Waals surface area contributed by atoms with E-state index in [2.05, 4.69) is 31.2 Å². The van der Waals surface area contributed by atoms with E-state index in [4.69, 9.17) is 0 Å². The van der Waals surface area contributed by atoms with Gasteiger partial charge >= 0.3 is 0 Å². The molecule has 1 aromatic rings. The summed E-state index contributed by atoms with van der Waals surface area (Å²) < 4.78 is 0. The Labute approximate surface area is 193 Å². The molecule has 5 atom stereocenters. The van der Waals surface area contributed by atoms with Crippen molar-refractivity contribution in [1.82, 2.24) is 0 Å². The third-order valence-corrected chi connectivity index (χ3v) is 10.1. The summed E-state index contributed by atoms with van der Waals surface area (Å²) in [6.45, 7) is 2.37. The van der Waals surface area contributed by atoms with Crippen molar-refractivity contribution in [2.24, 2.45) is 17.3 Å². The van der Waals surface area contributed by atoms with Crippen LogP contribution in [0.1, 0.15) is 107 Å². The number of allylic oxidation sites excluding steroid dienone is 4. The minimum absolute atomic E-state index is 0.0210. The number of ketones is 1. The number of fused-ring (bicyclic) bond motifs is 4. The number of aliphatic hydroxyl groups excluding tert-OH is 1. The van der Waals surface area contributed by atoms with Crippen LogP contribution in [0.25, 0.3) is 0 Å². The Morgan fingerprint density at radius 2 is 1.62 bits per heavy atom. The van der Waals surface area contributed by atoms with E-state index < -0.39 is 0 Å². The van der Waals surface area contributed by atoms with Gasteiger partial charge in [0.15, 0.2) is 5.78 Å². The van der Waals surface area contributed by atoms with Gasteiger partial charge in [0.1, 0.15) is 0 Å². The highest BCUT2D eigenvalue weighted by molar-refractivity contribution is 5.93. The Kier molecular flexibility index (Phi) is 5.21. The number of hydrogen-bond donors (Lipinski definition) is 1. The van der Waals surface area contributed by atoms with E-state index in [-0.39, 0.29) is 11.5 Å². The molecule has 0 aliphatic heterocycles. The molecule has 5 aliphatic carbocycles. The van der Waals surface area contributed by atoms with E-state index in [9.17, 15) is 9.90 Å². The lowest BCUT2D eigenvalue weighted by Gasteiger charge is -2.52. The minimum atomic E-state index is -0.173. The van der Waals surface area contributed by atoms with Crippen LogP contribution in [0.2, 0.25) is 0 Å². The Morgan fingerprint density at radius 1 is 0.875 bits per heavy atom. The molecule has 0 bridgehead atoms. The number of carbonyl (C=O) groups excluding carboxylic acids is 1. The van der Waals surface area contributed by atoms with Gasteiger partial charge in [-0.25, -0.2) is 0 Å². The van der Waals surface area contributed by atoms with E-state index in [0.29, 0.717) is 30.0 Å². The normalized spacial score (nSPS) is 37.6. The fraction of sp³-hybridized carbons (Fsp3) is 0.633. The second-order valence-electron chi connectivity index (χ2n) is 11.7. The molecule has 3 saturated carbocycles. The van der Waals surface area contributed by atoms with Gasteiger partial charge in [-0.05, 0) is 103 Å². The van der Waals surface area contributed by atoms with E-state index in [1.807, 2.05) is 6.08 Å². The van der Waals surface area contributed by atoms with Gasteiger partial charge in [-0.15, -0.1) is 0 Å². The highest BCUT2D eigenvalue weighted by atomic mass is 16.3. The molecule has 170 valence electrons. The SMILES string of the molecule is CC12CC(c3ccc(C4CCCCC4)cc3)C3=C4CCC(=O)C=C4CCC3C1CCC2O. The zero-order valence-corrected chi connectivity index (χ0v) is 19.6. The largest absolute Gasteiger partial charge is 0.393 e. The van der Waals surface area contributed by atoms with Crippen LogP contribution in [0, 0.1) is 17.3 Å².